The predicted molar refractivity (Wildman–Crippen MR) is 93.4 cm³/mol. The third-order valence-electron chi connectivity index (χ3n) is 3.61. The van der Waals surface area contributed by atoms with E-state index in [9.17, 15) is 4.79 Å². The number of carbonyl (C=O) groups is 1. The minimum atomic E-state index is -0.329. The number of hydrogen-bond acceptors (Lipinski definition) is 5. The standard InChI is InChI=1S/C18H17N3O2S/c1-13-6-3-4-9-16(13)21-12-19-20-18(21)24-11-14-7-5-8-15(10-14)17(22)23-2/h3-10,12H,11H2,1-2H3. The van der Waals surface area contributed by atoms with Crippen molar-refractivity contribution in [3.63, 3.8) is 0 Å². The molecule has 6 heteroatoms. The zero-order valence-corrected chi connectivity index (χ0v) is 14.3. The van der Waals surface area contributed by atoms with E-state index in [0.717, 1.165) is 22.0 Å². The summed E-state index contributed by atoms with van der Waals surface area (Å²) in [6.07, 6.45) is 1.72. The van der Waals surface area contributed by atoms with Gasteiger partial charge in [-0.3, -0.25) is 4.57 Å². The van der Waals surface area contributed by atoms with Crippen LogP contribution in [0.4, 0.5) is 0 Å². The van der Waals surface area contributed by atoms with Gasteiger partial charge in [0.15, 0.2) is 5.16 Å². The molecule has 5 nitrogen and oxygen atoms in total. The highest BCUT2D eigenvalue weighted by Gasteiger charge is 2.10. The largest absolute Gasteiger partial charge is 0.465 e. The number of thioether (sulfide) groups is 1. The molecule has 0 aliphatic carbocycles. The number of ether oxygens (including phenoxy) is 1. The molecule has 0 radical (unpaired) electrons. The van der Waals surface area contributed by atoms with Crippen LogP contribution in [0.2, 0.25) is 0 Å². The van der Waals surface area contributed by atoms with Crippen LogP contribution in [-0.4, -0.2) is 27.8 Å². The van der Waals surface area contributed by atoms with Crippen LogP contribution in [0.5, 0.6) is 0 Å². The second-order valence-electron chi connectivity index (χ2n) is 5.25. The number of nitrogens with zero attached hydrogens (tertiary/aromatic N) is 3. The molecule has 0 saturated carbocycles. The van der Waals surface area contributed by atoms with Crippen molar-refractivity contribution in [2.45, 2.75) is 17.8 Å². The maximum absolute atomic E-state index is 11.6. The topological polar surface area (TPSA) is 57.0 Å². The normalized spacial score (nSPS) is 10.6. The molecule has 0 N–H and O–H groups in total. The Bertz CT molecular complexity index is 861. The van der Waals surface area contributed by atoms with Crippen molar-refractivity contribution in [2.75, 3.05) is 7.11 Å². The summed E-state index contributed by atoms with van der Waals surface area (Å²) < 4.78 is 6.74. The SMILES string of the molecule is COC(=O)c1cccc(CSc2nncn2-c2ccccc2C)c1. The van der Waals surface area contributed by atoms with Gasteiger partial charge < -0.3 is 4.74 Å². The van der Waals surface area contributed by atoms with E-state index in [1.54, 1.807) is 24.2 Å². The molecule has 1 heterocycles. The molecule has 2 aromatic carbocycles. The maximum atomic E-state index is 11.6. The van der Waals surface area contributed by atoms with Gasteiger partial charge in [-0.15, -0.1) is 10.2 Å². The third kappa shape index (κ3) is 3.49. The smallest absolute Gasteiger partial charge is 0.337 e. The molecule has 0 amide bonds. The molecular weight excluding hydrogens is 322 g/mol. The Morgan fingerprint density at radius 3 is 2.83 bits per heavy atom. The highest BCUT2D eigenvalue weighted by atomic mass is 32.2. The lowest BCUT2D eigenvalue weighted by molar-refractivity contribution is 0.0600. The Labute approximate surface area is 144 Å². The Balaban J connectivity index is 1.78. The molecule has 24 heavy (non-hydrogen) atoms. The minimum Gasteiger partial charge on any atom is -0.465 e. The van der Waals surface area contributed by atoms with Gasteiger partial charge in [0.2, 0.25) is 0 Å². The van der Waals surface area contributed by atoms with Gasteiger partial charge in [-0.2, -0.15) is 0 Å². The first kappa shape index (κ1) is 16.3. The van der Waals surface area contributed by atoms with Crippen LogP contribution in [0.1, 0.15) is 21.5 Å². The molecule has 3 aromatic rings. The van der Waals surface area contributed by atoms with Crippen LogP contribution in [0.3, 0.4) is 0 Å². The quantitative estimate of drug-likeness (QED) is 0.524. The van der Waals surface area contributed by atoms with E-state index in [-0.39, 0.29) is 5.97 Å². The van der Waals surface area contributed by atoms with Crippen LogP contribution >= 0.6 is 11.8 Å². The summed E-state index contributed by atoms with van der Waals surface area (Å²) in [6.45, 7) is 2.06. The molecule has 0 bridgehead atoms. The van der Waals surface area contributed by atoms with Crippen LogP contribution in [-0.2, 0) is 10.5 Å². The first-order valence-corrected chi connectivity index (χ1v) is 8.43. The average molecular weight is 339 g/mol. The van der Waals surface area contributed by atoms with Gasteiger partial charge in [0.25, 0.3) is 0 Å². The molecule has 0 aliphatic rings. The molecule has 122 valence electrons. The second kappa shape index (κ2) is 7.31. The molecule has 3 rings (SSSR count). The van der Waals surface area contributed by atoms with E-state index in [1.165, 1.54) is 7.11 Å². The van der Waals surface area contributed by atoms with Gasteiger partial charge >= 0.3 is 5.97 Å². The summed E-state index contributed by atoms with van der Waals surface area (Å²) in [5.74, 6) is 0.361. The summed E-state index contributed by atoms with van der Waals surface area (Å²) in [6, 6.07) is 15.5. The number of aryl methyl sites for hydroxylation is 1. The third-order valence-corrected chi connectivity index (χ3v) is 4.62. The number of benzene rings is 2. The summed E-state index contributed by atoms with van der Waals surface area (Å²) in [5, 5.41) is 9.05. The van der Waals surface area contributed by atoms with Crippen LogP contribution in [0, 0.1) is 6.92 Å². The predicted octanol–water partition coefficient (Wildman–Crippen LogP) is 3.65. The first-order valence-electron chi connectivity index (χ1n) is 7.45. The van der Waals surface area contributed by atoms with E-state index in [2.05, 4.69) is 23.2 Å². The van der Waals surface area contributed by atoms with Crippen LogP contribution in [0.15, 0.2) is 60.0 Å². The van der Waals surface area contributed by atoms with Gasteiger partial charge in [0.1, 0.15) is 6.33 Å². The number of hydrogen-bond donors (Lipinski definition) is 0. The highest BCUT2D eigenvalue weighted by molar-refractivity contribution is 7.98. The molecule has 0 saturated heterocycles. The first-order chi connectivity index (χ1) is 11.7. The fourth-order valence-corrected chi connectivity index (χ4v) is 3.24. The number of methoxy groups -OCH3 is 1. The average Bonchev–Trinajstić information content (AvgIpc) is 3.08. The van der Waals surface area contributed by atoms with Crippen molar-refractivity contribution in [3.8, 4) is 5.69 Å². The number of para-hydroxylation sites is 1. The maximum Gasteiger partial charge on any atom is 0.337 e. The summed E-state index contributed by atoms with van der Waals surface area (Å²) in [7, 11) is 1.38. The molecule has 0 aliphatic heterocycles. The lowest BCUT2D eigenvalue weighted by atomic mass is 10.1. The van der Waals surface area contributed by atoms with Crippen LogP contribution < -0.4 is 0 Å². The van der Waals surface area contributed by atoms with E-state index in [0.29, 0.717) is 11.3 Å². The minimum absolute atomic E-state index is 0.329. The molecule has 0 atom stereocenters. The number of esters is 1. The molecule has 0 unspecified atom stereocenters. The Kier molecular flexibility index (Phi) is 4.96. The van der Waals surface area contributed by atoms with Gasteiger partial charge in [-0.05, 0) is 36.2 Å². The van der Waals surface area contributed by atoms with E-state index in [1.807, 2.05) is 41.0 Å². The van der Waals surface area contributed by atoms with Gasteiger partial charge in [-0.1, -0.05) is 42.1 Å². The number of carbonyl (C=O) groups excluding carboxylic acids is 1. The number of rotatable bonds is 5. The van der Waals surface area contributed by atoms with E-state index < -0.39 is 0 Å². The van der Waals surface area contributed by atoms with Gasteiger partial charge in [0, 0.05) is 5.75 Å². The Hall–Kier alpha value is -2.60. The van der Waals surface area contributed by atoms with Crippen molar-refractivity contribution < 1.29 is 9.53 Å². The molecule has 0 fully saturated rings. The van der Waals surface area contributed by atoms with Crippen molar-refractivity contribution >= 4 is 17.7 Å². The highest BCUT2D eigenvalue weighted by Crippen LogP contribution is 2.25. The molecule has 0 spiro atoms. The van der Waals surface area contributed by atoms with Crippen LogP contribution in [0.25, 0.3) is 5.69 Å². The zero-order chi connectivity index (χ0) is 16.9. The molecular formula is C18H17N3O2S. The van der Waals surface area contributed by atoms with Crippen molar-refractivity contribution in [1.82, 2.24) is 14.8 Å². The van der Waals surface area contributed by atoms with Crippen molar-refractivity contribution in [1.29, 1.82) is 0 Å². The van der Waals surface area contributed by atoms with E-state index >= 15 is 0 Å². The Morgan fingerprint density at radius 1 is 1.21 bits per heavy atom. The molecule has 1 aromatic heterocycles. The summed E-state index contributed by atoms with van der Waals surface area (Å²) in [5.41, 5.74) is 3.80. The second-order valence-corrected chi connectivity index (χ2v) is 6.19. The van der Waals surface area contributed by atoms with E-state index in [4.69, 9.17) is 4.74 Å². The fraction of sp³-hybridized carbons (Fsp3) is 0.167. The summed E-state index contributed by atoms with van der Waals surface area (Å²) >= 11 is 1.58. The fourth-order valence-electron chi connectivity index (χ4n) is 2.38. The van der Waals surface area contributed by atoms with Gasteiger partial charge in [0.05, 0.1) is 18.4 Å². The lowest BCUT2D eigenvalue weighted by Crippen LogP contribution is -2.01. The number of aromatic nitrogens is 3. The van der Waals surface area contributed by atoms with Crippen molar-refractivity contribution in [2.24, 2.45) is 0 Å². The van der Waals surface area contributed by atoms with Crippen molar-refractivity contribution in [3.05, 3.63) is 71.5 Å². The van der Waals surface area contributed by atoms with Gasteiger partial charge in [-0.25, -0.2) is 4.79 Å². The summed E-state index contributed by atoms with van der Waals surface area (Å²) in [4.78, 5) is 11.6. The zero-order valence-electron chi connectivity index (χ0n) is 13.5. The Morgan fingerprint density at radius 2 is 2.04 bits per heavy atom. The monoisotopic (exact) mass is 339 g/mol. The lowest BCUT2D eigenvalue weighted by Gasteiger charge is -2.09.